The fraction of sp³-hybridized carbons (Fsp3) is 0.833. The van der Waals surface area contributed by atoms with Gasteiger partial charge in [-0.3, -0.25) is 0 Å². The molecule has 0 amide bonds. The average Bonchev–Trinajstić information content (AvgIpc) is 2.57. The summed E-state index contributed by atoms with van der Waals surface area (Å²) in [5.41, 5.74) is -1.98. The van der Waals surface area contributed by atoms with Crippen molar-refractivity contribution in [3.63, 3.8) is 0 Å². The molecule has 86 valence electrons. The molecule has 0 bridgehead atoms. The van der Waals surface area contributed by atoms with Gasteiger partial charge in [-0.15, -0.1) is 0 Å². The lowest BCUT2D eigenvalue weighted by Crippen LogP contribution is -2.33. The molecule has 0 spiro atoms. The molecule has 1 saturated carbocycles. The number of rotatable bonds is 2. The van der Waals surface area contributed by atoms with Gasteiger partial charge in [0.15, 0.2) is 0 Å². The van der Waals surface area contributed by atoms with Gasteiger partial charge in [-0.1, -0.05) is 26.0 Å². The van der Waals surface area contributed by atoms with Crippen molar-refractivity contribution in [3.05, 3.63) is 12.2 Å². The second-order valence-electron chi connectivity index (χ2n) is 5.60. The zero-order valence-corrected chi connectivity index (χ0v) is 9.26. The van der Waals surface area contributed by atoms with Gasteiger partial charge in [0.2, 0.25) is 0 Å². The molecule has 3 heteroatoms. The Labute approximate surface area is 89.2 Å². The maximum absolute atomic E-state index is 13.0. The van der Waals surface area contributed by atoms with Crippen molar-refractivity contribution in [1.82, 2.24) is 0 Å². The molecule has 2 rings (SSSR count). The van der Waals surface area contributed by atoms with Gasteiger partial charge in [0.05, 0.1) is 5.60 Å². The maximum Gasteiger partial charge on any atom is 0.254 e. The molecule has 0 aromatic carbocycles. The zero-order valence-electron chi connectivity index (χ0n) is 9.26. The van der Waals surface area contributed by atoms with E-state index in [0.29, 0.717) is 12.3 Å². The summed E-state index contributed by atoms with van der Waals surface area (Å²) in [6.07, 6.45) is 5.26. The third kappa shape index (κ3) is 1.94. The van der Waals surface area contributed by atoms with Crippen LogP contribution in [0.1, 0.15) is 39.5 Å². The van der Waals surface area contributed by atoms with Crippen molar-refractivity contribution in [2.75, 3.05) is 0 Å². The van der Waals surface area contributed by atoms with Crippen LogP contribution in [0.25, 0.3) is 0 Å². The third-order valence-electron chi connectivity index (χ3n) is 3.83. The molecule has 0 radical (unpaired) electrons. The van der Waals surface area contributed by atoms with Crippen LogP contribution >= 0.6 is 0 Å². The highest BCUT2D eigenvalue weighted by Crippen LogP contribution is 2.64. The molecule has 2 aliphatic rings. The topological polar surface area (TPSA) is 20.2 Å². The van der Waals surface area contributed by atoms with E-state index in [-0.39, 0.29) is 12.8 Å². The number of allylic oxidation sites excluding steroid dienone is 1. The molecule has 0 heterocycles. The molecule has 0 saturated heterocycles. The van der Waals surface area contributed by atoms with Gasteiger partial charge in [-0.2, -0.15) is 0 Å². The van der Waals surface area contributed by atoms with Gasteiger partial charge in [-0.25, -0.2) is 8.78 Å². The first-order valence-electron chi connectivity index (χ1n) is 5.56. The first-order chi connectivity index (χ1) is 6.77. The predicted octanol–water partition coefficient (Wildman–Crippen LogP) is 3.14. The Kier molecular flexibility index (Phi) is 2.24. The lowest BCUT2D eigenvalue weighted by atomic mass is 9.79. The SMILES string of the molecule is CC1C=CC(O)(CC2(C)CC2(F)F)CC1. The zero-order chi connectivity index (χ0) is 11.3. The van der Waals surface area contributed by atoms with E-state index in [1.54, 1.807) is 13.0 Å². The Hall–Kier alpha value is -0.440. The second-order valence-corrected chi connectivity index (χ2v) is 5.60. The minimum Gasteiger partial charge on any atom is -0.386 e. The van der Waals surface area contributed by atoms with Gasteiger partial charge in [0.1, 0.15) is 0 Å². The van der Waals surface area contributed by atoms with Gasteiger partial charge in [0.25, 0.3) is 5.92 Å². The van der Waals surface area contributed by atoms with Crippen molar-refractivity contribution < 1.29 is 13.9 Å². The molecule has 2 aliphatic carbocycles. The van der Waals surface area contributed by atoms with Crippen LogP contribution in [-0.2, 0) is 0 Å². The van der Waals surface area contributed by atoms with Gasteiger partial charge < -0.3 is 5.11 Å². The van der Waals surface area contributed by atoms with Crippen LogP contribution in [0.5, 0.6) is 0 Å². The van der Waals surface area contributed by atoms with E-state index >= 15 is 0 Å². The van der Waals surface area contributed by atoms with Gasteiger partial charge >= 0.3 is 0 Å². The fourth-order valence-corrected chi connectivity index (χ4v) is 2.46. The van der Waals surface area contributed by atoms with E-state index in [1.807, 2.05) is 6.08 Å². The molecule has 3 unspecified atom stereocenters. The molecule has 0 aromatic rings. The Balaban J connectivity index is 2.04. The van der Waals surface area contributed by atoms with Crippen LogP contribution in [0.15, 0.2) is 12.2 Å². The number of aliphatic hydroxyl groups is 1. The fourth-order valence-electron chi connectivity index (χ4n) is 2.46. The summed E-state index contributed by atoms with van der Waals surface area (Å²) in [7, 11) is 0. The van der Waals surface area contributed by atoms with Crippen LogP contribution in [0, 0.1) is 11.3 Å². The molecule has 1 N–H and O–H groups in total. The third-order valence-corrected chi connectivity index (χ3v) is 3.83. The minimum absolute atomic E-state index is 0.0777. The van der Waals surface area contributed by atoms with Crippen molar-refractivity contribution in [3.8, 4) is 0 Å². The molecule has 0 aromatic heterocycles. The van der Waals surface area contributed by atoms with Gasteiger partial charge in [0, 0.05) is 11.8 Å². The summed E-state index contributed by atoms with van der Waals surface area (Å²) < 4.78 is 26.1. The highest BCUT2D eigenvalue weighted by Gasteiger charge is 2.69. The van der Waals surface area contributed by atoms with Crippen molar-refractivity contribution in [1.29, 1.82) is 0 Å². The molecule has 15 heavy (non-hydrogen) atoms. The summed E-state index contributed by atoms with van der Waals surface area (Å²) in [4.78, 5) is 0. The van der Waals surface area contributed by atoms with Crippen LogP contribution in [0.2, 0.25) is 0 Å². The smallest absolute Gasteiger partial charge is 0.254 e. The molecular weight excluding hydrogens is 198 g/mol. The first-order valence-corrected chi connectivity index (χ1v) is 5.56. The standard InChI is InChI=1S/C12H18F2O/c1-9-3-5-11(15,6-4-9)7-10(2)8-12(10,13)14/h3,5,9,15H,4,6-8H2,1-2H3. The van der Waals surface area contributed by atoms with Crippen LogP contribution in [-0.4, -0.2) is 16.6 Å². The van der Waals surface area contributed by atoms with Crippen LogP contribution in [0.3, 0.4) is 0 Å². The molecule has 1 nitrogen and oxygen atoms in total. The summed E-state index contributed by atoms with van der Waals surface area (Å²) in [6.45, 7) is 3.64. The minimum atomic E-state index is -2.57. The highest BCUT2D eigenvalue weighted by molar-refractivity contribution is 5.16. The molecule has 3 atom stereocenters. The van der Waals surface area contributed by atoms with Crippen LogP contribution < -0.4 is 0 Å². The molecule has 0 aliphatic heterocycles. The Morgan fingerprint density at radius 3 is 2.47 bits per heavy atom. The summed E-state index contributed by atoms with van der Waals surface area (Å²) >= 11 is 0. The summed E-state index contributed by atoms with van der Waals surface area (Å²) in [5, 5.41) is 10.2. The van der Waals surface area contributed by atoms with E-state index in [2.05, 4.69) is 6.92 Å². The number of alkyl halides is 2. The van der Waals surface area contributed by atoms with E-state index in [4.69, 9.17) is 0 Å². The maximum atomic E-state index is 13.0. The lowest BCUT2D eigenvalue weighted by Gasteiger charge is -2.32. The average molecular weight is 216 g/mol. The van der Waals surface area contributed by atoms with Gasteiger partial charge in [-0.05, 0) is 25.2 Å². The van der Waals surface area contributed by atoms with E-state index in [0.717, 1.165) is 6.42 Å². The van der Waals surface area contributed by atoms with E-state index in [9.17, 15) is 13.9 Å². The number of halogens is 2. The van der Waals surface area contributed by atoms with Crippen molar-refractivity contribution >= 4 is 0 Å². The first kappa shape index (κ1) is 11.1. The number of hydrogen-bond donors (Lipinski definition) is 1. The largest absolute Gasteiger partial charge is 0.386 e. The van der Waals surface area contributed by atoms with Crippen molar-refractivity contribution in [2.45, 2.75) is 51.1 Å². The summed E-state index contributed by atoms with van der Waals surface area (Å²) in [6, 6.07) is 0. The highest BCUT2D eigenvalue weighted by atomic mass is 19.3. The Morgan fingerprint density at radius 2 is 2.07 bits per heavy atom. The normalized spacial score (nSPS) is 47.9. The monoisotopic (exact) mass is 216 g/mol. The van der Waals surface area contributed by atoms with E-state index < -0.39 is 16.9 Å². The predicted molar refractivity (Wildman–Crippen MR) is 54.8 cm³/mol. The van der Waals surface area contributed by atoms with Crippen molar-refractivity contribution in [2.24, 2.45) is 11.3 Å². The number of hydrogen-bond acceptors (Lipinski definition) is 1. The summed E-state index contributed by atoms with van der Waals surface area (Å²) in [5.74, 6) is -2.11. The van der Waals surface area contributed by atoms with E-state index in [1.165, 1.54) is 0 Å². The second kappa shape index (κ2) is 3.03. The lowest BCUT2D eigenvalue weighted by molar-refractivity contribution is 0.00186. The Bertz CT molecular complexity index is 300. The van der Waals surface area contributed by atoms with Crippen LogP contribution in [0.4, 0.5) is 8.78 Å². The molecular formula is C12H18F2O. The quantitative estimate of drug-likeness (QED) is 0.703. The Morgan fingerprint density at radius 1 is 1.47 bits per heavy atom. The molecule has 1 fully saturated rings.